The van der Waals surface area contributed by atoms with Gasteiger partial charge in [0.1, 0.15) is 11.3 Å². The maximum absolute atomic E-state index is 11.9. The summed E-state index contributed by atoms with van der Waals surface area (Å²) in [5.74, 6) is 0.305. The molecule has 0 aliphatic heterocycles. The number of hydrogen-bond donors (Lipinski definition) is 1. The predicted octanol–water partition coefficient (Wildman–Crippen LogP) is 3.25. The molecule has 2 N–H and O–H groups in total. The highest BCUT2D eigenvalue weighted by Crippen LogP contribution is 2.26. The number of anilines is 1. The van der Waals surface area contributed by atoms with Crippen LogP contribution in [0.3, 0.4) is 0 Å². The molecule has 5 nitrogen and oxygen atoms in total. The first-order chi connectivity index (χ1) is 9.99. The van der Waals surface area contributed by atoms with Crippen LogP contribution >= 0.6 is 0 Å². The van der Waals surface area contributed by atoms with Gasteiger partial charge in [0.25, 0.3) is 0 Å². The van der Waals surface area contributed by atoms with Crippen molar-refractivity contribution < 1.29 is 14.3 Å². The second-order valence-electron chi connectivity index (χ2n) is 4.77. The third kappa shape index (κ3) is 3.72. The molecule has 0 unspecified atom stereocenters. The van der Waals surface area contributed by atoms with E-state index in [1.807, 2.05) is 32.0 Å². The van der Waals surface area contributed by atoms with Gasteiger partial charge in [0, 0.05) is 0 Å². The van der Waals surface area contributed by atoms with Crippen LogP contribution in [0.4, 0.5) is 5.69 Å². The first kappa shape index (κ1) is 14.8. The number of nitrogen functional groups attached to an aromatic ring is 1. The van der Waals surface area contributed by atoms with Gasteiger partial charge < -0.3 is 15.2 Å². The standard InChI is InChI=1S/C16H18N2O3/c1-4-20-16(19)14-8-12(17)9-18-15(14)21-13-6-10(2)5-11(3)7-13/h5-9H,4,17H2,1-3H3. The number of nitrogens with zero attached hydrogens (tertiary/aromatic N) is 1. The number of aromatic nitrogens is 1. The fourth-order valence-electron chi connectivity index (χ4n) is 2.01. The minimum Gasteiger partial charge on any atom is -0.462 e. The van der Waals surface area contributed by atoms with E-state index in [4.69, 9.17) is 15.2 Å². The molecule has 1 heterocycles. The van der Waals surface area contributed by atoms with Crippen molar-refractivity contribution in [2.75, 3.05) is 12.3 Å². The van der Waals surface area contributed by atoms with Crippen LogP contribution in [-0.4, -0.2) is 17.6 Å². The van der Waals surface area contributed by atoms with E-state index in [0.29, 0.717) is 11.4 Å². The van der Waals surface area contributed by atoms with Crippen molar-refractivity contribution in [2.24, 2.45) is 0 Å². The summed E-state index contributed by atoms with van der Waals surface area (Å²) in [6.45, 7) is 5.96. The summed E-state index contributed by atoms with van der Waals surface area (Å²) in [5.41, 5.74) is 8.41. The molecule has 5 heteroatoms. The average Bonchev–Trinajstić information content (AvgIpc) is 2.40. The molecule has 0 aliphatic carbocycles. The van der Waals surface area contributed by atoms with Crippen molar-refractivity contribution in [1.82, 2.24) is 4.98 Å². The van der Waals surface area contributed by atoms with E-state index >= 15 is 0 Å². The van der Waals surface area contributed by atoms with Crippen molar-refractivity contribution in [3.05, 3.63) is 47.2 Å². The van der Waals surface area contributed by atoms with E-state index in [1.165, 1.54) is 12.3 Å². The Morgan fingerprint density at radius 2 is 1.86 bits per heavy atom. The average molecular weight is 286 g/mol. The Hall–Kier alpha value is -2.56. The number of nitrogens with two attached hydrogens (primary N) is 1. The van der Waals surface area contributed by atoms with Crippen molar-refractivity contribution in [2.45, 2.75) is 20.8 Å². The Bertz CT molecular complexity index is 648. The normalized spacial score (nSPS) is 10.2. The Morgan fingerprint density at radius 1 is 1.19 bits per heavy atom. The van der Waals surface area contributed by atoms with Crippen LogP contribution in [0.2, 0.25) is 0 Å². The van der Waals surface area contributed by atoms with Crippen LogP contribution in [0.5, 0.6) is 11.6 Å². The van der Waals surface area contributed by atoms with E-state index < -0.39 is 5.97 Å². The third-order valence-electron chi connectivity index (χ3n) is 2.78. The van der Waals surface area contributed by atoms with Crippen molar-refractivity contribution in [3.63, 3.8) is 0 Å². The molecule has 0 spiro atoms. The summed E-state index contributed by atoms with van der Waals surface area (Å²) in [4.78, 5) is 16.0. The lowest BCUT2D eigenvalue weighted by Crippen LogP contribution is -2.08. The van der Waals surface area contributed by atoms with Gasteiger partial charge in [0.2, 0.25) is 5.88 Å². The molecular weight excluding hydrogens is 268 g/mol. The first-order valence-corrected chi connectivity index (χ1v) is 6.68. The molecule has 0 radical (unpaired) electrons. The Morgan fingerprint density at radius 3 is 2.48 bits per heavy atom. The Labute approximate surface area is 123 Å². The van der Waals surface area contributed by atoms with Crippen molar-refractivity contribution >= 4 is 11.7 Å². The monoisotopic (exact) mass is 286 g/mol. The summed E-state index contributed by atoms with van der Waals surface area (Å²) < 4.78 is 10.7. The molecule has 0 aliphatic rings. The van der Waals surface area contributed by atoms with E-state index in [-0.39, 0.29) is 18.1 Å². The number of carbonyl (C=O) groups is 1. The molecule has 0 saturated carbocycles. The zero-order chi connectivity index (χ0) is 15.4. The topological polar surface area (TPSA) is 74.4 Å². The lowest BCUT2D eigenvalue weighted by molar-refractivity contribution is 0.0523. The van der Waals surface area contributed by atoms with Crippen LogP contribution in [0, 0.1) is 13.8 Å². The summed E-state index contributed by atoms with van der Waals surface area (Å²) in [6.07, 6.45) is 1.45. The van der Waals surface area contributed by atoms with Crippen LogP contribution in [-0.2, 0) is 4.74 Å². The third-order valence-corrected chi connectivity index (χ3v) is 2.78. The lowest BCUT2D eigenvalue weighted by Gasteiger charge is -2.11. The number of rotatable bonds is 4. The summed E-state index contributed by atoms with van der Waals surface area (Å²) in [5, 5.41) is 0. The van der Waals surface area contributed by atoms with Crippen LogP contribution in [0.25, 0.3) is 0 Å². The SMILES string of the molecule is CCOC(=O)c1cc(N)cnc1Oc1cc(C)cc(C)c1. The zero-order valence-corrected chi connectivity index (χ0v) is 12.3. The molecule has 1 aromatic heterocycles. The van der Waals surface area contributed by atoms with Gasteiger partial charge in [0.05, 0.1) is 18.5 Å². The molecule has 0 fully saturated rings. The number of esters is 1. The van der Waals surface area contributed by atoms with E-state index in [0.717, 1.165) is 11.1 Å². The van der Waals surface area contributed by atoms with Crippen LogP contribution in [0.15, 0.2) is 30.5 Å². The van der Waals surface area contributed by atoms with Crippen molar-refractivity contribution in [1.29, 1.82) is 0 Å². The highest BCUT2D eigenvalue weighted by Gasteiger charge is 2.16. The quantitative estimate of drug-likeness (QED) is 0.873. The molecular formula is C16H18N2O3. The summed E-state index contributed by atoms with van der Waals surface area (Å²) >= 11 is 0. The molecule has 2 aromatic rings. The molecule has 0 amide bonds. The molecule has 110 valence electrons. The maximum Gasteiger partial charge on any atom is 0.343 e. The first-order valence-electron chi connectivity index (χ1n) is 6.68. The molecule has 2 rings (SSSR count). The van der Waals surface area contributed by atoms with Gasteiger partial charge in [-0.2, -0.15) is 0 Å². The highest BCUT2D eigenvalue weighted by molar-refractivity contribution is 5.92. The smallest absolute Gasteiger partial charge is 0.343 e. The van der Waals surface area contributed by atoms with Gasteiger partial charge in [0.15, 0.2) is 0 Å². The zero-order valence-electron chi connectivity index (χ0n) is 12.3. The van der Waals surface area contributed by atoms with Gasteiger partial charge in [-0.05, 0) is 50.1 Å². The fourth-order valence-corrected chi connectivity index (χ4v) is 2.01. The molecule has 1 aromatic carbocycles. The number of benzene rings is 1. The Balaban J connectivity index is 2.37. The second kappa shape index (κ2) is 6.26. The maximum atomic E-state index is 11.9. The minimum atomic E-state index is -0.503. The van der Waals surface area contributed by atoms with E-state index in [1.54, 1.807) is 6.92 Å². The van der Waals surface area contributed by atoms with E-state index in [2.05, 4.69) is 4.98 Å². The molecule has 0 saturated heterocycles. The minimum absolute atomic E-state index is 0.188. The predicted molar refractivity (Wildman–Crippen MR) is 80.6 cm³/mol. The van der Waals surface area contributed by atoms with E-state index in [9.17, 15) is 4.79 Å². The van der Waals surface area contributed by atoms with Gasteiger partial charge in [-0.15, -0.1) is 0 Å². The van der Waals surface area contributed by atoms with Gasteiger partial charge in [-0.3, -0.25) is 0 Å². The number of pyridine rings is 1. The lowest BCUT2D eigenvalue weighted by atomic mass is 10.1. The second-order valence-corrected chi connectivity index (χ2v) is 4.77. The van der Waals surface area contributed by atoms with Crippen LogP contribution in [0.1, 0.15) is 28.4 Å². The van der Waals surface area contributed by atoms with Crippen molar-refractivity contribution in [3.8, 4) is 11.6 Å². The highest BCUT2D eigenvalue weighted by atomic mass is 16.5. The number of ether oxygens (including phenoxy) is 2. The van der Waals surface area contributed by atoms with Gasteiger partial charge in [-0.25, -0.2) is 9.78 Å². The fraction of sp³-hybridized carbons (Fsp3) is 0.250. The molecule has 21 heavy (non-hydrogen) atoms. The number of aryl methyl sites for hydroxylation is 2. The molecule has 0 bridgehead atoms. The summed E-state index contributed by atoms with van der Waals surface area (Å²) in [6, 6.07) is 7.29. The van der Waals surface area contributed by atoms with Crippen LogP contribution < -0.4 is 10.5 Å². The molecule has 0 atom stereocenters. The van der Waals surface area contributed by atoms with Gasteiger partial charge >= 0.3 is 5.97 Å². The number of hydrogen-bond acceptors (Lipinski definition) is 5. The summed E-state index contributed by atoms with van der Waals surface area (Å²) in [7, 11) is 0. The van der Waals surface area contributed by atoms with Gasteiger partial charge in [-0.1, -0.05) is 6.07 Å². The Kier molecular flexibility index (Phi) is 4.42. The number of carbonyl (C=O) groups excluding carboxylic acids is 1. The largest absolute Gasteiger partial charge is 0.462 e.